The van der Waals surface area contributed by atoms with Gasteiger partial charge in [-0.15, -0.1) is 0 Å². The second-order valence-electron chi connectivity index (χ2n) is 5.22. The van der Waals surface area contributed by atoms with Gasteiger partial charge in [-0.2, -0.15) is 13.8 Å². The Labute approximate surface area is 152 Å². The standard InChI is InChI=1S/C18H14F2N2O5/c1-24-13-7-5-11(6-8-13)16-21-15(27-22-16)10-25-17(23)12-3-2-4-14(9-12)26-18(19)20/h2-9,18H,10H2,1H3. The van der Waals surface area contributed by atoms with E-state index in [1.165, 1.54) is 18.2 Å². The van der Waals surface area contributed by atoms with Gasteiger partial charge in [0.2, 0.25) is 5.82 Å². The van der Waals surface area contributed by atoms with Crippen LogP contribution in [0, 0.1) is 0 Å². The van der Waals surface area contributed by atoms with Gasteiger partial charge in [-0.05, 0) is 42.5 Å². The molecule has 7 nitrogen and oxygen atoms in total. The number of ether oxygens (including phenoxy) is 3. The molecule has 9 heteroatoms. The molecule has 1 heterocycles. The molecule has 140 valence electrons. The van der Waals surface area contributed by atoms with Crippen molar-refractivity contribution in [2.75, 3.05) is 7.11 Å². The van der Waals surface area contributed by atoms with Crippen LogP contribution in [0.25, 0.3) is 11.4 Å². The molecule has 0 saturated heterocycles. The second kappa shape index (κ2) is 8.26. The molecule has 0 aliphatic carbocycles. The molecule has 0 fully saturated rings. The Hall–Kier alpha value is -3.49. The number of alkyl halides is 2. The maximum atomic E-state index is 12.2. The summed E-state index contributed by atoms with van der Waals surface area (Å²) in [4.78, 5) is 16.2. The molecule has 0 unspecified atom stereocenters. The van der Waals surface area contributed by atoms with Crippen molar-refractivity contribution in [3.63, 3.8) is 0 Å². The van der Waals surface area contributed by atoms with E-state index < -0.39 is 12.6 Å². The SMILES string of the molecule is COc1ccc(-c2noc(COC(=O)c3cccc(OC(F)F)c3)n2)cc1. The Morgan fingerprint density at radius 3 is 2.63 bits per heavy atom. The number of halogens is 2. The molecule has 0 saturated carbocycles. The molecular formula is C18H14F2N2O5. The Morgan fingerprint density at radius 1 is 1.15 bits per heavy atom. The van der Waals surface area contributed by atoms with Crippen molar-refractivity contribution in [1.82, 2.24) is 10.1 Å². The lowest BCUT2D eigenvalue weighted by Crippen LogP contribution is -2.07. The van der Waals surface area contributed by atoms with E-state index in [4.69, 9.17) is 14.0 Å². The van der Waals surface area contributed by atoms with Gasteiger partial charge in [0, 0.05) is 5.56 Å². The van der Waals surface area contributed by atoms with Gasteiger partial charge in [0.25, 0.3) is 5.89 Å². The minimum atomic E-state index is -2.98. The summed E-state index contributed by atoms with van der Waals surface area (Å²) < 4.78 is 43.9. The highest BCUT2D eigenvalue weighted by molar-refractivity contribution is 5.89. The molecule has 0 atom stereocenters. The Balaban J connectivity index is 1.61. The fourth-order valence-corrected chi connectivity index (χ4v) is 2.18. The summed E-state index contributed by atoms with van der Waals surface area (Å²) in [6.45, 7) is -3.24. The summed E-state index contributed by atoms with van der Waals surface area (Å²) in [6.07, 6.45) is 0. The average molecular weight is 376 g/mol. The zero-order valence-corrected chi connectivity index (χ0v) is 14.1. The number of nitrogens with zero attached hydrogens (tertiary/aromatic N) is 2. The van der Waals surface area contributed by atoms with E-state index in [0.717, 1.165) is 6.07 Å². The van der Waals surface area contributed by atoms with E-state index in [0.29, 0.717) is 17.1 Å². The molecule has 3 aromatic rings. The predicted octanol–water partition coefficient (Wildman–Crippen LogP) is 3.70. The molecule has 2 aromatic carbocycles. The molecule has 0 aliphatic heterocycles. The maximum absolute atomic E-state index is 12.2. The molecule has 0 amide bonds. The van der Waals surface area contributed by atoms with Crippen LogP contribution in [0.15, 0.2) is 53.1 Å². The smallest absolute Gasteiger partial charge is 0.387 e. The largest absolute Gasteiger partial charge is 0.497 e. The van der Waals surface area contributed by atoms with Crippen molar-refractivity contribution in [2.45, 2.75) is 13.2 Å². The number of carbonyl (C=O) groups excluding carboxylic acids is 1. The van der Waals surface area contributed by atoms with Crippen molar-refractivity contribution >= 4 is 5.97 Å². The van der Waals surface area contributed by atoms with E-state index in [1.54, 1.807) is 31.4 Å². The topological polar surface area (TPSA) is 83.7 Å². The van der Waals surface area contributed by atoms with Crippen molar-refractivity contribution < 1.29 is 32.3 Å². The van der Waals surface area contributed by atoms with Gasteiger partial charge in [-0.1, -0.05) is 11.2 Å². The van der Waals surface area contributed by atoms with Gasteiger partial charge in [0.05, 0.1) is 12.7 Å². The molecule has 0 N–H and O–H groups in total. The fourth-order valence-electron chi connectivity index (χ4n) is 2.18. The highest BCUT2D eigenvalue weighted by atomic mass is 19.3. The average Bonchev–Trinajstić information content (AvgIpc) is 3.15. The van der Waals surface area contributed by atoms with Crippen LogP contribution < -0.4 is 9.47 Å². The lowest BCUT2D eigenvalue weighted by molar-refractivity contribution is -0.0499. The van der Waals surface area contributed by atoms with E-state index in [1.807, 2.05) is 0 Å². The summed E-state index contributed by atoms with van der Waals surface area (Å²) in [5.41, 5.74) is 0.761. The van der Waals surface area contributed by atoms with Crippen LogP contribution in [-0.2, 0) is 11.3 Å². The molecule has 3 rings (SSSR count). The number of esters is 1. The van der Waals surface area contributed by atoms with Crippen LogP contribution in [0.4, 0.5) is 8.78 Å². The molecule has 0 spiro atoms. The van der Waals surface area contributed by atoms with Gasteiger partial charge < -0.3 is 18.7 Å². The third-order valence-corrected chi connectivity index (χ3v) is 3.44. The molecule has 0 bridgehead atoms. The van der Waals surface area contributed by atoms with E-state index in [2.05, 4.69) is 14.9 Å². The normalized spacial score (nSPS) is 10.7. The summed E-state index contributed by atoms with van der Waals surface area (Å²) in [5.74, 6) is 0.234. The van der Waals surface area contributed by atoms with Crippen LogP contribution in [0.2, 0.25) is 0 Å². The molecule has 27 heavy (non-hydrogen) atoms. The lowest BCUT2D eigenvalue weighted by Gasteiger charge is -2.06. The van der Waals surface area contributed by atoms with Crippen molar-refractivity contribution in [2.24, 2.45) is 0 Å². The molecule has 0 aliphatic rings. The number of benzene rings is 2. The highest BCUT2D eigenvalue weighted by Gasteiger charge is 2.14. The monoisotopic (exact) mass is 376 g/mol. The maximum Gasteiger partial charge on any atom is 0.387 e. The van der Waals surface area contributed by atoms with Gasteiger partial charge in [-0.25, -0.2) is 4.79 Å². The van der Waals surface area contributed by atoms with Gasteiger partial charge in [0.15, 0.2) is 6.61 Å². The number of carbonyl (C=O) groups is 1. The lowest BCUT2D eigenvalue weighted by atomic mass is 10.2. The Bertz CT molecular complexity index is 912. The number of hydrogen-bond acceptors (Lipinski definition) is 7. The Morgan fingerprint density at radius 2 is 1.93 bits per heavy atom. The van der Waals surface area contributed by atoms with Crippen molar-refractivity contribution in [3.05, 3.63) is 60.0 Å². The third kappa shape index (κ3) is 4.78. The quantitative estimate of drug-likeness (QED) is 0.581. The Kier molecular flexibility index (Phi) is 5.60. The molecule has 1 aromatic heterocycles. The van der Waals surface area contributed by atoms with E-state index in [9.17, 15) is 13.6 Å². The highest BCUT2D eigenvalue weighted by Crippen LogP contribution is 2.20. The number of methoxy groups -OCH3 is 1. The van der Waals surface area contributed by atoms with Gasteiger partial charge in [-0.3, -0.25) is 0 Å². The minimum absolute atomic E-state index is 0.0584. The van der Waals surface area contributed by atoms with Crippen LogP contribution in [0.3, 0.4) is 0 Å². The first-order chi connectivity index (χ1) is 13.0. The first kappa shape index (κ1) is 18.3. The summed E-state index contributed by atoms with van der Waals surface area (Å²) in [5, 5.41) is 3.82. The van der Waals surface area contributed by atoms with Crippen molar-refractivity contribution in [1.29, 1.82) is 0 Å². The number of aromatic nitrogens is 2. The van der Waals surface area contributed by atoms with Gasteiger partial charge >= 0.3 is 12.6 Å². The van der Waals surface area contributed by atoms with E-state index in [-0.39, 0.29) is 23.8 Å². The summed E-state index contributed by atoms with van der Waals surface area (Å²) >= 11 is 0. The van der Waals surface area contributed by atoms with E-state index >= 15 is 0 Å². The summed E-state index contributed by atoms with van der Waals surface area (Å²) in [7, 11) is 1.56. The number of hydrogen-bond donors (Lipinski definition) is 0. The summed E-state index contributed by atoms with van der Waals surface area (Å²) in [6, 6.07) is 12.3. The zero-order valence-electron chi connectivity index (χ0n) is 14.1. The fraction of sp³-hybridized carbons (Fsp3) is 0.167. The first-order valence-corrected chi connectivity index (χ1v) is 7.74. The van der Waals surface area contributed by atoms with Gasteiger partial charge in [0.1, 0.15) is 11.5 Å². The van der Waals surface area contributed by atoms with Crippen LogP contribution in [0.1, 0.15) is 16.2 Å². The third-order valence-electron chi connectivity index (χ3n) is 3.44. The minimum Gasteiger partial charge on any atom is -0.497 e. The second-order valence-corrected chi connectivity index (χ2v) is 5.22. The predicted molar refractivity (Wildman–Crippen MR) is 88.5 cm³/mol. The zero-order chi connectivity index (χ0) is 19.2. The first-order valence-electron chi connectivity index (χ1n) is 7.74. The van der Waals surface area contributed by atoms with Crippen LogP contribution in [-0.4, -0.2) is 29.8 Å². The number of rotatable bonds is 7. The molecular weight excluding hydrogens is 362 g/mol. The van der Waals surface area contributed by atoms with Crippen molar-refractivity contribution in [3.8, 4) is 22.9 Å². The van der Waals surface area contributed by atoms with Crippen LogP contribution >= 0.6 is 0 Å². The molecule has 0 radical (unpaired) electrons. The van der Waals surface area contributed by atoms with Crippen LogP contribution in [0.5, 0.6) is 11.5 Å².